The zero-order chi connectivity index (χ0) is 12.8. The van der Waals surface area contributed by atoms with Gasteiger partial charge in [0.2, 0.25) is 11.8 Å². The summed E-state index contributed by atoms with van der Waals surface area (Å²) in [6.45, 7) is 2.00. The van der Waals surface area contributed by atoms with Gasteiger partial charge in [0.1, 0.15) is 6.20 Å². The summed E-state index contributed by atoms with van der Waals surface area (Å²) in [6.07, 6.45) is 2.40. The monoisotopic (exact) mass is 241 g/mol. The van der Waals surface area contributed by atoms with E-state index >= 15 is 0 Å². The molecular formula is C9H15N5O3. The van der Waals surface area contributed by atoms with Gasteiger partial charge in [0.25, 0.3) is 0 Å². The number of aromatic nitrogens is 2. The third-order valence-electron chi connectivity index (χ3n) is 2.30. The highest BCUT2D eigenvalue weighted by atomic mass is 16.6. The Balaban J connectivity index is 2.79. The summed E-state index contributed by atoms with van der Waals surface area (Å²) < 4.78 is 0. The van der Waals surface area contributed by atoms with Crippen molar-refractivity contribution in [2.75, 3.05) is 17.7 Å². The third-order valence-corrected chi connectivity index (χ3v) is 2.30. The number of hydrogen-bond acceptors (Lipinski definition) is 7. The van der Waals surface area contributed by atoms with E-state index in [2.05, 4.69) is 15.3 Å². The highest BCUT2D eigenvalue weighted by Gasteiger charge is 2.15. The van der Waals surface area contributed by atoms with Crippen LogP contribution < -0.4 is 11.1 Å². The lowest BCUT2D eigenvalue weighted by Gasteiger charge is -2.15. The van der Waals surface area contributed by atoms with Crippen molar-refractivity contribution < 1.29 is 10.0 Å². The predicted molar refractivity (Wildman–Crippen MR) is 62.5 cm³/mol. The summed E-state index contributed by atoms with van der Waals surface area (Å²) in [5, 5.41) is 22.3. The van der Waals surface area contributed by atoms with Crippen LogP contribution in [0.2, 0.25) is 0 Å². The zero-order valence-corrected chi connectivity index (χ0v) is 9.46. The number of nitrogens with one attached hydrogen (secondary N) is 1. The van der Waals surface area contributed by atoms with Crippen LogP contribution in [0.3, 0.4) is 0 Å². The molecule has 0 fully saturated rings. The van der Waals surface area contributed by atoms with Gasteiger partial charge in [-0.15, -0.1) is 0 Å². The van der Waals surface area contributed by atoms with Crippen molar-refractivity contribution in [1.29, 1.82) is 0 Å². The number of nitrogen functional groups attached to an aromatic ring is 1. The van der Waals surface area contributed by atoms with Crippen LogP contribution in [0.1, 0.15) is 19.8 Å². The fourth-order valence-corrected chi connectivity index (χ4v) is 1.32. The number of hydrogen-bond donors (Lipinski definition) is 3. The fourth-order valence-electron chi connectivity index (χ4n) is 1.32. The van der Waals surface area contributed by atoms with Crippen molar-refractivity contribution in [3.05, 3.63) is 16.3 Å². The lowest BCUT2D eigenvalue weighted by molar-refractivity contribution is -0.384. The van der Waals surface area contributed by atoms with E-state index in [1.807, 2.05) is 6.92 Å². The van der Waals surface area contributed by atoms with Crippen LogP contribution >= 0.6 is 0 Å². The minimum atomic E-state index is -0.635. The van der Waals surface area contributed by atoms with Crippen molar-refractivity contribution >= 4 is 17.5 Å². The van der Waals surface area contributed by atoms with Crippen LogP contribution in [0.15, 0.2) is 6.20 Å². The van der Waals surface area contributed by atoms with E-state index in [4.69, 9.17) is 10.8 Å². The van der Waals surface area contributed by atoms with Crippen LogP contribution in [-0.4, -0.2) is 32.6 Å². The quantitative estimate of drug-likeness (QED) is 0.489. The van der Waals surface area contributed by atoms with Gasteiger partial charge >= 0.3 is 5.69 Å². The predicted octanol–water partition coefficient (Wildman–Crippen LogP) is 0.540. The average molecular weight is 241 g/mol. The minimum Gasteiger partial charge on any atom is -0.396 e. The van der Waals surface area contributed by atoms with Gasteiger partial charge in [-0.05, 0) is 12.8 Å². The molecule has 8 nitrogen and oxygen atoms in total. The molecule has 1 unspecified atom stereocenters. The highest BCUT2D eigenvalue weighted by Crippen LogP contribution is 2.18. The Hall–Kier alpha value is -1.96. The molecule has 1 aromatic heterocycles. The smallest absolute Gasteiger partial charge is 0.329 e. The molecule has 1 heterocycles. The van der Waals surface area contributed by atoms with Crippen LogP contribution in [0.5, 0.6) is 0 Å². The molecular weight excluding hydrogens is 226 g/mol. The van der Waals surface area contributed by atoms with Crippen molar-refractivity contribution in [2.45, 2.75) is 25.8 Å². The van der Waals surface area contributed by atoms with E-state index in [9.17, 15) is 10.1 Å². The van der Waals surface area contributed by atoms with Gasteiger partial charge in [0.05, 0.1) is 4.92 Å². The Morgan fingerprint density at radius 2 is 2.41 bits per heavy atom. The first-order valence-corrected chi connectivity index (χ1v) is 5.22. The van der Waals surface area contributed by atoms with E-state index in [1.165, 1.54) is 0 Å². The molecule has 8 heteroatoms. The summed E-state index contributed by atoms with van der Waals surface area (Å²) in [4.78, 5) is 17.5. The summed E-state index contributed by atoms with van der Waals surface area (Å²) in [5.74, 6) is 0.0553. The van der Waals surface area contributed by atoms with Crippen molar-refractivity contribution in [1.82, 2.24) is 9.97 Å². The Kier molecular flexibility index (Phi) is 4.58. The molecule has 0 aliphatic heterocycles. The van der Waals surface area contributed by atoms with E-state index in [1.54, 1.807) is 0 Å². The molecule has 4 N–H and O–H groups in total. The first-order chi connectivity index (χ1) is 8.08. The van der Waals surface area contributed by atoms with E-state index in [-0.39, 0.29) is 30.1 Å². The van der Waals surface area contributed by atoms with E-state index in [0.29, 0.717) is 6.42 Å². The zero-order valence-electron chi connectivity index (χ0n) is 9.46. The molecule has 1 rings (SSSR count). The lowest BCUT2D eigenvalue weighted by atomic mass is 10.2. The summed E-state index contributed by atoms with van der Waals surface area (Å²) in [7, 11) is 0. The normalized spacial score (nSPS) is 12.1. The SMILES string of the molecule is CCC(CCO)Nc1ncc([N+](=O)[O-])c(N)n1. The molecule has 0 bridgehead atoms. The van der Waals surface area contributed by atoms with Gasteiger partial charge < -0.3 is 16.2 Å². The Labute approximate surface area is 98.0 Å². The molecule has 0 saturated carbocycles. The second-order valence-corrected chi connectivity index (χ2v) is 3.48. The Morgan fingerprint density at radius 1 is 1.71 bits per heavy atom. The van der Waals surface area contributed by atoms with Gasteiger partial charge in [-0.2, -0.15) is 4.98 Å². The number of nitrogens with two attached hydrogens (primary N) is 1. The molecule has 1 atom stereocenters. The largest absolute Gasteiger partial charge is 0.396 e. The number of aliphatic hydroxyl groups is 1. The molecule has 0 saturated heterocycles. The maximum Gasteiger partial charge on any atom is 0.329 e. The maximum atomic E-state index is 10.5. The number of rotatable bonds is 6. The summed E-state index contributed by atoms with van der Waals surface area (Å²) in [6, 6.07) is 0.0147. The Morgan fingerprint density at radius 3 is 2.88 bits per heavy atom. The first-order valence-electron chi connectivity index (χ1n) is 5.22. The second kappa shape index (κ2) is 5.94. The van der Waals surface area contributed by atoms with E-state index < -0.39 is 4.92 Å². The first kappa shape index (κ1) is 13.1. The van der Waals surface area contributed by atoms with E-state index in [0.717, 1.165) is 12.6 Å². The topological polar surface area (TPSA) is 127 Å². The van der Waals surface area contributed by atoms with Crippen LogP contribution in [0, 0.1) is 10.1 Å². The molecule has 1 aromatic rings. The van der Waals surface area contributed by atoms with Crippen LogP contribution in [-0.2, 0) is 0 Å². The molecule has 0 aliphatic rings. The highest BCUT2D eigenvalue weighted by molar-refractivity contribution is 5.53. The Bertz CT molecular complexity index is 398. The van der Waals surface area contributed by atoms with Crippen molar-refractivity contribution in [3.8, 4) is 0 Å². The molecule has 0 aromatic carbocycles. The third kappa shape index (κ3) is 3.52. The fraction of sp³-hybridized carbons (Fsp3) is 0.556. The van der Waals surface area contributed by atoms with Gasteiger partial charge in [0, 0.05) is 12.6 Å². The maximum absolute atomic E-state index is 10.5. The van der Waals surface area contributed by atoms with Gasteiger partial charge in [-0.25, -0.2) is 4.98 Å². The molecule has 0 aliphatic carbocycles. The van der Waals surface area contributed by atoms with Gasteiger partial charge in [-0.1, -0.05) is 6.92 Å². The van der Waals surface area contributed by atoms with Gasteiger partial charge in [-0.3, -0.25) is 10.1 Å². The van der Waals surface area contributed by atoms with Crippen molar-refractivity contribution in [3.63, 3.8) is 0 Å². The standard InChI is InChI=1S/C9H15N5O3/c1-2-6(3-4-15)12-9-11-5-7(14(16)17)8(10)13-9/h5-6,15H,2-4H2,1H3,(H3,10,11,12,13). The van der Waals surface area contributed by atoms with Crippen molar-refractivity contribution in [2.24, 2.45) is 0 Å². The molecule has 0 amide bonds. The number of nitro groups is 1. The molecule has 0 spiro atoms. The number of aliphatic hydroxyl groups excluding tert-OH is 1. The van der Waals surface area contributed by atoms with Crippen LogP contribution in [0.25, 0.3) is 0 Å². The summed E-state index contributed by atoms with van der Waals surface area (Å²) >= 11 is 0. The summed E-state index contributed by atoms with van der Waals surface area (Å²) in [5.41, 5.74) is 5.12. The minimum absolute atomic E-state index is 0.0147. The lowest BCUT2D eigenvalue weighted by Crippen LogP contribution is -2.21. The molecule has 17 heavy (non-hydrogen) atoms. The number of anilines is 2. The molecule has 0 radical (unpaired) electrons. The van der Waals surface area contributed by atoms with Gasteiger partial charge in [0.15, 0.2) is 0 Å². The second-order valence-electron chi connectivity index (χ2n) is 3.48. The number of nitrogens with zero attached hydrogens (tertiary/aromatic N) is 3. The van der Waals surface area contributed by atoms with Crippen LogP contribution in [0.4, 0.5) is 17.5 Å². The molecule has 94 valence electrons. The average Bonchev–Trinajstić information content (AvgIpc) is 2.28.